The van der Waals surface area contributed by atoms with Crippen molar-refractivity contribution in [1.29, 1.82) is 0 Å². The standard InChI is InChI=1S/C22H35NO5/c1-22(2,3)12-13-9-16(10-13)21-19(14-5-6-14)20(23-28-21)15(11-17(24)25)7-8-18(26)27-4/h13-16,20,23H,5-12H2,1-4H3,(H,24,25)/t13?,15-,16?,20?/m0/s1. The Morgan fingerprint density at radius 1 is 1.25 bits per heavy atom. The third-order valence-electron chi connectivity index (χ3n) is 6.30. The van der Waals surface area contributed by atoms with Crippen molar-refractivity contribution < 1.29 is 24.3 Å². The first-order valence-corrected chi connectivity index (χ1v) is 10.6. The maximum Gasteiger partial charge on any atom is 0.305 e. The third-order valence-corrected chi connectivity index (χ3v) is 6.30. The van der Waals surface area contributed by atoms with Crippen molar-refractivity contribution in [2.75, 3.05) is 7.11 Å². The molecule has 2 aliphatic carbocycles. The van der Waals surface area contributed by atoms with Gasteiger partial charge in [-0.1, -0.05) is 20.8 Å². The number of aliphatic carboxylic acids is 1. The van der Waals surface area contributed by atoms with E-state index in [2.05, 4.69) is 26.3 Å². The maximum absolute atomic E-state index is 11.6. The van der Waals surface area contributed by atoms with Gasteiger partial charge in [0.05, 0.1) is 19.6 Å². The topological polar surface area (TPSA) is 84.9 Å². The zero-order valence-corrected chi connectivity index (χ0v) is 17.6. The van der Waals surface area contributed by atoms with Crippen LogP contribution < -0.4 is 5.48 Å². The largest absolute Gasteiger partial charge is 0.481 e. The number of carbonyl (C=O) groups excluding carboxylic acids is 1. The van der Waals surface area contributed by atoms with Crippen LogP contribution in [0.4, 0.5) is 0 Å². The van der Waals surface area contributed by atoms with Crippen LogP contribution >= 0.6 is 0 Å². The van der Waals surface area contributed by atoms with Crippen molar-refractivity contribution >= 4 is 11.9 Å². The summed E-state index contributed by atoms with van der Waals surface area (Å²) in [4.78, 5) is 29.0. The molecule has 158 valence electrons. The lowest BCUT2D eigenvalue weighted by molar-refractivity contribution is -0.142. The highest BCUT2D eigenvalue weighted by atomic mass is 16.7. The second kappa shape index (κ2) is 8.44. The summed E-state index contributed by atoms with van der Waals surface area (Å²) in [5.74, 6) is 1.47. The summed E-state index contributed by atoms with van der Waals surface area (Å²) in [6.07, 6.45) is 6.58. The van der Waals surface area contributed by atoms with Gasteiger partial charge >= 0.3 is 11.9 Å². The van der Waals surface area contributed by atoms with Crippen LogP contribution in [0.3, 0.4) is 0 Å². The van der Waals surface area contributed by atoms with Crippen LogP contribution in [0.15, 0.2) is 11.3 Å². The number of carbonyl (C=O) groups is 2. The van der Waals surface area contributed by atoms with Crippen molar-refractivity contribution in [2.24, 2.45) is 29.1 Å². The van der Waals surface area contributed by atoms with Crippen LogP contribution in [0.5, 0.6) is 0 Å². The molecule has 0 saturated heterocycles. The van der Waals surface area contributed by atoms with Gasteiger partial charge in [0.25, 0.3) is 0 Å². The van der Waals surface area contributed by atoms with E-state index in [1.54, 1.807) is 0 Å². The van der Waals surface area contributed by atoms with Crippen molar-refractivity contribution in [3.8, 4) is 0 Å². The number of hydrogen-bond donors (Lipinski definition) is 2. The van der Waals surface area contributed by atoms with Crippen LogP contribution in [0, 0.1) is 29.1 Å². The van der Waals surface area contributed by atoms with E-state index in [4.69, 9.17) is 9.57 Å². The van der Waals surface area contributed by atoms with E-state index in [0.717, 1.165) is 37.4 Å². The highest BCUT2D eigenvalue weighted by Crippen LogP contribution is 2.51. The molecular weight excluding hydrogens is 358 g/mol. The summed E-state index contributed by atoms with van der Waals surface area (Å²) in [5.41, 5.74) is 4.78. The molecule has 0 spiro atoms. The number of allylic oxidation sites excluding steroid dienone is 1. The average Bonchev–Trinajstić information content (AvgIpc) is 3.32. The number of carboxylic acid groups (broad SMARTS) is 1. The first-order valence-electron chi connectivity index (χ1n) is 10.6. The fourth-order valence-corrected chi connectivity index (χ4v) is 4.92. The zero-order chi connectivity index (χ0) is 20.5. The molecule has 0 amide bonds. The predicted molar refractivity (Wildman–Crippen MR) is 105 cm³/mol. The molecular formula is C22H35NO5. The summed E-state index contributed by atoms with van der Waals surface area (Å²) in [5, 5.41) is 9.38. The van der Waals surface area contributed by atoms with Crippen molar-refractivity contribution in [3.63, 3.8) is 0 Å². The molecule has 0 bridgehead atoms. The van der Waals surface area contributed by atoms with Gasteiger partial charge in [-0.05, 0) is 67.3 Å². The Morgan fingerprint density at radius 3 is 2.46 bits per heavy atom. The lowest BCUT2D eigenvalue weighted by Crippen LogP contribution is -2.35. The molecule has 0 radical (unpaired) electrons. The number of rotatable bonds is 9. The van der Waals surface area contributed by atoms with Crippen LogP contribution in [0.25, 0.3) is 0 Å². The van der Waals surface area contributed by atoms with Gasteiger partial charge < -0.3 is 14.7 Å². The van der Waals surface area contributed by atoms with E-state index in [-0.39, 0.29) is 30.8 Å². The Hall–Kier alpha value is -1.56. The number of methoxy groups -OCH3 is 1. The molecule has 3 rings (SSSR count). The monoisotopic (exact) mass is 393 g/mol. The molecule has 0 aromatic heterocycles. The van der Waals surface area contributed by atoms with E-state index < -0.39 is 5.97 Å². The van der Waals surface area contributed by atoms with Crippen molar-refractivity contribution in [2.45, 2.75) is 78.2 Å². The molecule has 0 aromatic rings. The molecule has 1 unspecified atom stereocenters. The molecule has 3 aliphatic rings. The van der Waals surface area contributed by atoms with E-state index >= 15 is 0 Å². The molecule has 2 saturated carbocycles. The van der Waals surface area contributed by atoms with E-state index in [9.17, 15) is 14.7 Å². The Kier molecular flexibility index (Phi) is 6.37. The minimum Gasteiger partial charge on any atom is -0.481 e. The van der Waals surface area contributed by atoms with Crippen molar-refractivity contribution in [1.82, 2.24) is 5.48 Å². The Bertz CT molecular complexity index is 625. The number of ether oxygens (including phenoxy) is 1. The average molecular weight is 394 g/mol. The molecule has 1 aliphatic heterocycles. The van der Waals surface area contributed by atoms with Gasteiger partial charge in [-0.15, -0.1) is 5.48 Å². The summed E-state index contributed by atoms with van der Waals surface area (Å²) < 4.78 is 4.74. The van der Waals surface area contributed by atoms with Crippen molar-refractivity contribution in [3.05, 3.63) is 11.3 Å². The Labute approximate surface area is 168 Å². The minimum atomic E-state index is -0.839. The predicted octanol–water partition coefficient (Wildman–Crippen LogP) is 4.06. The van der Waals surface area contributed by atoms with Crippen LogP contribution in [-0.2, 0) is 19.2 Å². The number of hydroxylamine groups is 1. The van der Waals surface area contributed by atoms with Gasteiger partial charge in [0.2, 0.25) is 0 Å². The highest BCUT2D eigenvalue weighted by Gasteiger charge is 2.47. The van der Waals surface area contributed by atoms with E-state index in [1.165, 1.54) is 19.1 Å². The normalized spacial score (nSPS) is 28.5. The summed E-state index contributed by atoms with van der Waals surface area (Å²) in [6, 6.07) is -0.107. The van der Waals surface area contributed by atoms with Gasteiger partial charge in [-0.25, -0.2) is 0 Å². The fourth-order valence-electron chi connectivity index (χ4n) is 4.92. The molecule has 28 heavy (non-hydrogen) atoms. The SMILES string of the molecule is COC(=O)CC[C@@H](CC(=O)O)C1NOC(C2CC(CC(C)(C)C)C2)=C1C1CC1. The quantitative estimate of drug-likeness (QED) is 0.575. The molecule has 6 heteroatoms. The second-order valence-corrected chi connectivity index (χ2v) is 10.1. The Morgan fingerprint density at radius 2 is 1.93 bits per heavy atom. The van der Waals surface area contributed by atoms with Gasteiger partial charge in [-0.2, -0.15) is 0 Å². The molecule has 1 heterocycles. The van der Waals surface area contributed by atoms with Gasteiger partial charge in [0.1, 0.15) is 5.76 Å². The summed E-state index contributed by atoms with van der Waals surface area (Å²) in [6.45, 7) is 6.87. The summed E-state index contributed by atoms with van der Waals surface area (Å²) >= 11 is 0. The highest BCUT2D eigenvalue weighted by molar-refractivity contribution is 5.70. The van der Waals surface area contributed by atoms with Crippen LogP contribution in [-0.4, -0.2) is 30.2 Å². The van der Waals surface area contributed by atoms with E-state index in [0.29, 0.717) is 23.7 Å². The molecule has 2 N–H and O–H groups in total. The number of nitrogens with one attached hydrogen (secondary N) is 1. The number of hydrogen-bond acceptors (Lipinski definition) is 5. The molecule has 2 atom stereocenters. The van der Waals surface area contributed by atoms with Gasteiger partial charge in [-0.3, -0.25) is 9.59 Å². The van der Waals surface area contributed by atoms with Crippen LogP contribution in [0.1, 0.15) is 72.1 Å². The molecule has 6 nitrogen and oxygen atoms in total. The molecule has 0 aromatic carbocycles. The second-order valence-electron chi connectivity index (χ2n) is 10.1. The lowest BCUT2D eigenvalue weighted by atomic mass is 9.66. The van der Waals surface area contributed by atoms with E-state index in [1.807, 2.05) is 0 Å². The number of esters is 1. The smallest absolute Gasteiger partial charge is 0.305 e. The molecule has 2 fully saturated rings. The van der Waals surface area contributed by atoms with Gasteiger partial charge in [0.15, 0.2) is 0 Å². The van der Waals surface area contributed by atoms with Crippen LogP contribution in [0.2, 0.25) is 0 Å². The third kappa shape index (κ3) is 5.28. The summed E-state index contributed by atoms with van der Waals surface area (Å²) in [7, 11) is 1.36. The van der Waals surface area contributed by atoms with Gasteiger partial charge in [0, 0.05) is 12.3 Å². The fraction of sp³-hybridized carbons (Fsp3) is 0.818. The lowest BCUT2D eigenvalue weighted by Gasteiger charge is -2.39. The Balaban J connectivity index is 1.70. The first kappa shape index (κ1) is 21.2. The zero-order valence-electron chi connectivity index (χ0n) is 17.6. The number of carboxylic acids is 1. The maximum atomic E-state index is 11.6. The minimum absolute atomic E-state index is 0.0266. The first-order chi connectivity index (χ1) is 13.2.